The second kappa shape index (κ2) is 16.9. The molecule has 0 aliphatic carbocycles. The molecule has 0 aromatic heterocycles. The fraction of sp³-hybridized carbons (Fsp3) is 0.450. The van der Waals surface area contributed by atoms with Gasteiger partial charge in [-0.3, -0.25) is 0 Å². The molecule has 3 aromatic rings. The Bertz CT molecular complexity index is 1370. The lowest BCUT2D eigenvalue weighted by Crippen LogP contribution is -2.27. The first-order chi connectivity index (χ1) is 20.3. The Kier molecular flexibility index (Phi) is 13.6. The van der Waals surface area contributed by atoms with E-state index in [1.54, 1.807) is 0 Å². The van der Waals surface area contributed by atoms with Crippen LogP contribution in [-0.4, -0.2) is 6.04 Å². The van der Waals surface area contributed by atoms with Gasteiger partial charge in [0, 0.05) is 17.6 Å². The lowest BCUT2D eigenvalue weighted by molar-refractivity contribution is 0.483. The van der Waals surface area contributed by atoms with E-state index in [1.165, 1.54) is 61.2 Å². The summed E-state index contributed by atoms with van der Waals surface area (Å²) in [5.74, 6) is 0. The average Bonchev–Trinajstić information content (AvgIpc) is 3.00. The Labute approximate surface area is 262 Å². The number of hydrogen-bond donors (Lipinski definition) is 1. The van der Waals surface area contributed by atoms with Crippen LogP contribution in [0.2, 0.25) is 5.02 Å². The smallest absolute Gasteiger partial charge is 0.0441 e. The molecule has 0 amide bonds. The van der Waals surface area contributed by atoms with E-state index in [4.69, 9.17) is 11.6 Å². The van der Waals surface area contributed by atoms with Crippen LogP contribution in [0.5, 0.6) is 0 Å². The van der Waals surface area contributed by atoms with Gasteiger partial charge in [0.1, 0.15) is 0 Å². The normalized spacial score (nSPS) is 12.4. The van der Waals surface area contributed by atoms with Gasteiger partial charge in [-0.15, -0.1) is 0 Å². The van der Waals surface area contributed by atoms with Gasteiger partial charge in [0.05, 0.1) is 0 Å². The first-order valence-corrected chi connectivity index (χ1v) is 16.7. The highest BCUT2D eigenvalue weighted by molar-refractivity contribution is 6.31. The quantitative estimate of drug-likeness (QED) is 0.175. The highest BCUT2D eigenvalue weighted by Gasteiger charge is 2.14. The Morgan fingerprint density at radius 2 is 1.40 bits per heavy atom. The van der Waals surface area contributed by atoms with E-state index in [9.17, 15) is 0 Å². The molecule has 42 heavy (non-hydrogen) atoms. The molecular weight excluding hydrogens is 530 g/mol. The summed E-state index contributed by atoms with van der Waals surface area (Å²) in [5.41, 5.74) is 15.2. The van der Waals surface area contributed by atoms with Gasteiger partial charge in [-0.05, 0) is 135 Å². The average molecular weight is 584 g/mol. The minimum atomic E-state index is 0.539. The van der Waals surface area contributed by atoms with Crippen LogP contribution in [0, 0.1) is 13.8 Å². The molecule has 0 radical (unpaired) electrons. The summed E-state index contributed by atoms with van der Waals surface area (Å²) in [6, 6.07) is 18.7. The van der Waals surface area contributed by atoms with E-state index >= 15 is 0 Å². The second-order valence-electron chi connectivity index (χ2n) is 11.8. The number of halogens is 1. The summed E-state index contributed by atoms with van der Waals surface area (Å²) in [4.78, 5) is 0. The van der Waals surface area contributed by atoms with Crippen molar-refractivity contribution in [3.05, 3.63) is 116 Å². The Balaban J connectivity index is 1.89. The van der Waals surface area contributed by atoms with Crippen molar-refractivity contribution in [2.45, 2.75) is 119 Å². The lowest BCUT2D eigenvalue weighted by atomic mass is 9.89. The van der Waals surface area contributed by atoms with E-state index in [-0.39, 0.29) is 0 Å². The zero-order valence-corrected chi connectivity index (χ0v) is 28.3. The van der Waals surface area contributed by atoms with Gasteiger partial charge >= 0.3 is 0 Å². The molecule has 226 valence electrons. The largest absolute Gasteiger partial charge is 0.310 e. The molecule has 3 rings (SSSR count). The summed E-state index contributed by atoms with van der Waals surface area (Å²) in [6.07, 6.45) is 13.0. The van der Waals surface area contributed by atoms with Crippen LogP contribution in [0.3, 0.4) is 0 Å². The summed E-state index contributed by atoms with van der Waals surface area (Å²) >= 11 is 7.00. The number of benzene rings is 3. The number of aryl methyl sites for hydroxylation is 4. The summed E-state index contributed by atoms with van der Waals surface area (Å²) in [5, 5.41) is 4.68. The lowest BCUT2D eigenvalue weighted by Gasteiger charge is -2.19. The van der Waals surface area contributed by atoms with E-state index in [1.807, 2.05) is 0 Å². The van der Waals surface area contributed by atoms with Crippen LogP contribution in [0.4, 0.5) is 0 Å². The van der Waals surface area contributed by atoms with Crippen molar-refractivity contribution in [3.63, 3.8) is 0 Å². The Morgan fingerprint density at radius 3 is 2.00 bits per heavy atom. The molecule has 0 fully saturated rings. The first kappa shape index (κ1) is 33.9. The van der Waals surface area contributed by atoms with Gasteiger partial charge in [0.2, 0.25) is 0 Å². The zero-order valence-electron chi connectivity index (χ0n) is 27.6. The third kappa shape index (κ3) is 8.95. The van der Waals surface area contributed by atoms with Gasteiger partial charge in [-0.25, -0.2) is 0 Å². The van der Waals surface area contributed by atoms with Crippen LogP contribution < -0.4 is 5.32 Å². The van der Waals surface area contributed by atoms with Gasteiger partial charge in [0.25, 0.3) is 0 Å². The van der Waals surface area contributed by atoms with Crippen molar-refractivity contribution in [2.75, 3.05) is 0 Å². The molecular formula is C40H54ClN. The predicted octanol–water partition coefficient (Wildman–Crippen LogP) is 11.5. The summed E-state index contributed by atoms with van der Waals surface area (Å²) < 4.78 is 0. The van der Waals surface area contributed by atoms with Crippen molar-refractivity contribution in [2.24, 2.45) is 0 Å². The maximum Gasteiger partial charge on any atom is 0.0441 e. The molecule has 0 atom stereocenters. The minimum Gasteiger partial charge on any atom is -0.310 e. The van der Waals surface area contributed by atoms with E-state index < -0.39 is 0 Å². The number of rotatable bonds is 15. The van der Waals surface area contributed by atoms with E-state index in [0.717, 1.165) is 62.9 Å². The summed E-state index contributed by atoms with van der Waals surface area (Å²) in [7, 11) is 0. The molecule has 0 unspecified atom stereocenters. The number of nitrogens with one attached hydrogen (secondary N) is 1. The van der Waals surface area contributed by atoms with E-state index in [2.05, 4.69) is 121 Å². The molecule has 0 spiro atoms. The fourth-order valence-corrected chi connectivity index (χ4v) is 6.34. The number of hydrogen-bond acceptors (Lipinski definition) is 1. The van der Waals surface area contributed by atoms with Crippen molar-refractivity contribution in [1.82, 2.24) is 5.32 Å². The SMILES string of the molecule is C/C=C(C)\C=C(/CC)CCc1cc(CCc2cccc(-c3cccc(CC)c3C)c2C)c(Cl)cc1CNC(CC)CC. The van der Waals surface area contributed by atoms with Crippen LogP contribution in [0.1, 0.15) is 106 Å². The molecule has 0 heterocycles. The standard InChI is InChI=1S/C40H54ClN/c1-9-28(6)24-31(10-2)20-21-34-25-35(40(41)26-36(34)27-42-37(12-4)13-5)23-22-33-17-15-19-39(30(33)8)38-18-14-16-32(11-3)29(38)7/h9,14-19,24-26,37,42H,10-13,20-23,27H2,1-8H3/b28-9-,31-24+. The van der Waals surface area contributed by atoms with Crippen LogP contribution in [-0.2, 0) is 32.2 Å². The van der Waals surface area contributed by atoms with Crippen LogP contribution in [0.25, 0.3) is 11.1 Å². The van der Waals surface area contributed by atoms with Gasteiger partial charge in [-0.2, -0.15) is 0 Å². The molecule has 0 bridgehead atoms. The minimum absolute atomic E-state index is 0.539. The molecule has 1 N–H and O–H groups in total. The molecule has 2 heteroatoms. The molecule has 0 saturated heterocycles. The van der Waals surface area contributed by atoms with Crippen molar-refractivity contribution < 1.29 is 0 Å². The third-order valence-electron chi connectivity index (χ3n) is 9.22. The van der Waals surface area contributed by atoms with Crippen LogP contribution >= 0.6 is 11.6 Å². The molecule has 1 nitrogen and oxygen atoms in total. The van der Waals surface area contributed by atoms with Gasteiger partial charge < -0.3 is 5.32 Å². The van der Waals surface area contributed by atoms with Crippen molar-refractivity contribution >= 4 is 11.6 Å². The Hall–Kier alpha value is -2.61. The van der Waals surface area contributed by atoms with Gasteiger partial charge in [0.15, 0.2) is 0 Å². The fourth-order valence-electron chi connectivity index (χ4n) is 6.06. The molecule has 0 aliphatic rings. The summed E-state index contributed by atoms with van der Waals surface area (Å²) in [6.45, 7) is 18.8. The topological polar surface area (TPSA) is 12.0 Å². The van der Waals surface area contributed by atoms with E-state index in [0.29, 0.717) is 6.04 Å². The molecule has 3 aromatic carbocycles. The zero-order chi connectivity index (χ0) is 30.6. The monoisotopic (exact) mass is 583 g/mol. The number of allylic oxidation sites excluding steroid dienone is 4. The maximum atomic E-state index is 7.00. The molecule has 0 saturated carbocycles. The molecule has 0 aliphatic heterocycles. The third-order valence-corrected chi connectivity index (χ3v) is 9.57. The van der Waals surface area contributed by atoms with Crippen molar-refractivity contribution in [3.8, 4) is 11.1 Å². The highest BCUT2D eigenvalue weighted by atomic mass is 35.5. The predicted molar refractivity (Wildman–Crippen MR) is 187 cm³/mol. The second-order valence-corrected chi connectivity index (χ2v) is 12.2. The maximum absolute atomic E-state index is 7.00. The Morgan fingerprint density at radius 1 is 0.786 bits per heavy atom. The van der Waals surface area contributed by atoms with Gasteiger partial charge in [-0.1, -0.05) is 105 Å². The van der Waals surface area contributed by atoms with Crippen LogP contribution in [0.15, 0.2) is 71.8 Å². The van der Waals surface area contributed by atoms with Crippen molar-refractivity contribution in [1.29, 1.82) is 0 Å². The highest BCUT2D eigenvalue weighted by Crippen LogP contribution is 2.32. The first-order valence-electron chi connectivity index (χ1n) is 16.3.